The van der Waals surface area contributed by atoms with Crippen LogP contribution in [-0.4, -0.2) is 47.2 Å². The molecule has 1 saturated carbocycles. The Bertz CT molecular complexity index is 185. The van der Waals surface area contributed by atoms with Gasteiger partial charge in [0.1, 0.15) is 0 Å². The third-order valence-corrected chi connectivity index (χ3v) is 2.46. The summed E-state index contributed by atoms with van der Waals surface area (Å²) in [6.45, 7) is 6.79. The highest BCUT2D eigenvalue weighted by molar-refractivity contribution is 4.85. The number of nitrogens with one attached hydrogen (secondary N) is 1. The standard InChI is InChI=1S/C11H23NO3/c1-11(2,3)15-7-10(14)6-12-8-4-9(13)5-8/h8-10,12-14H,4-7H2,1-3H3. The molecule has 0 aromatic carbocycles. The fourth-order valence-corrected chi connectivity index (χ4v) is 1.46. The van der Waals surface area contributed by atoms with Gasteiger partial charge in [0.05, 0.1) is 24.4 Å². The number of aliphatic hydroxyl groups is 2. The van der Waals surface area contributed by atoms with E-state index in [4.69, 9.17) is 9.84 Å². The molecule has 0 radical (unpaired) electrons. The van der Waals surface area contributed by atoms with Gasteiger partial charge in [-0.25, -0.2) is 0 Å². The quantitative estimate of drug-likeness (QED) is 0.619. The Kier molecular flexibility index (Phi) is 4.52. The first-order valence-electron chi connectivity index (χ1n) is 5.60. The summed E-state index contributed by atoms with van der Waals surface area (Å²) in [6, 6.07) is 0.365. The van der Waals surface area contributed by atoms with E-state index < -0.39 is 6.10 Å². The first-order chi connectivity index (χ1) is 6.87. The molecule has 0 amide bonds. The Labute approximate surface area is 91.6 Å². The molecule has 4 nitrogen and oxygen atoms in total. The van der Waals surface area contributed by atoms with Crippen LogP contribution in [0.3, 0.4) is 0 Å². The van der Waals surface area contributed by atoms with Crippen LogP contribution in [0.15, 0.2) is 0 Å². The minimum atomic E-state index is -0.470. The lowest BCUT2D eigenvalue weighted by molar-refractivity contribution is -0.0500. The number of aliphatic hydroxyl groups excluding tert-OH is 2. The molecular formula is C11H23NO3. The molecule has 4 heteroatoms. The third kappa shape index (κ3) is 5.47. The molecule has 1 unspecified atom stereocenters. The van der Waals surface area contributed by atoms with Crippen molar-refractivity contribution in [2.75, 3.05) is 13.2 Å². The zero-order valence-electron chi connectivity index (χ0n) is 9.86. The second-order valence-corrected chi connectivity index (χ2v) is 5.31. The first-order valence-corrected chi connectivity index (χ1v) is 5.60. The molecule has 0 bridgehead atoms. The second kappa shape index (κ2) is 5.25. The zero-order valence-corrected chi connectivity index (χ0v) is 9.86. The van der Waals surface area contributed by atoms with E-state index in [1.165, 1.54) is 0 Å². The Hall–Kier alpha value is -0.160. The van der Waals surface area contributed by atoms with Crippen molar-refractivity contribution < 1.29 is 14.9 Å². The van der Waals surface area contributed by atoms with Gasteiger partial charge in [-0.15, -0.1) is 0 Å². The molecule has 0 heterocycles. The number of ether oxygens (including phenoxy) is 1. The topological polar surface area (TPSA) is 61.7 Å². The summed E-state index contributed by atoms with van der Waals surface area (Å²) in [7, 11) is 0. The van der Waals surface area contributed by atoms with E-state index in [2.05, 4.69) is 5.32 Å². The molecule has 3 N–H and O–H groups in total. The lowest BCUT2D eigenvalue weighted by atomic mass is 9.89. The molecule has 0 aromatic rings. The summed E-state index contributed by atoms with van der Waals surface area (Å²) in [5, 5.41) is 21.9. The van der Waals surface area contributed by atoms with E-state index in [1.54, 1.807) is 0 Å². The Morgan fingerprint density at radius 1 is 1.40 bits per heavy atom. The van der Waals surface area contributed by atoms with Crippen LogP contribution in [-0.2, 0) is 4.74 Å². The molecule has 0 aromatic heterocycles. The summed E-state index contributed by atoms with van der Waals surface area (Å²) in [5.74, 6) is 0. The SMILES string of the molecule is CC(C)(C)OCC(O)CNC1CC(O)C1. The van der Waals surface area contributed by atoms with Crippen LogP contribution in [0.4, 0.5) is 0 Å². The number of rotatable bonds is 5. The number of hydrogen-bond donors (Lipinski definition) is 3. The van der Waals surface area contributed by atoms with Crippen LogP contribution in [0.2, 0.25) is 0 Å². The second-order valence-electron chi connectivity index (χ2n) is 5.31. The van der Waals surface area contributed by atoms with Crippen molar-refractivity contribution in [3.63, 3.8) is 0 Å². The molecule has 0 saturated heterocycles. The third-order valence-electron chi connectivity index (χ3n) is 2.46. The predicted molar refractivity (Wildman–Crippen MR) is 58.7 cm³/mol. The van der Waals surface area contributed by atoms with E-state index >= 15 is 0 Å². The smallest absolute Gasteiger partial charge is 0.0898 e. The van der Waals surface area contributed by atoms with E-state index in [1.807, 2.05) is 20.8 Å². The fraction of sp³-hybridized carbons (Fsp3) is 1.00. The highest BCUT2D eigenvalue weighted by atomic mass is 16.5. The average molecular weight is 217 g/mol. The molecule has 15 heavy (non-hydrogen) atoms. The van der Waals surface area contributed by atoms with Gasteiger partial charge in [0, 0.05) is 12.6 Å². The van der Waals surface area contributed by atoms with E-state index in [0.717, 1.165) is 12.8 Å². The maximum Gasteiger partial charge on any atom is 0.0898 e. The molecule has 90 valence electrons. The fourth-order valence-electron chi connectivity index (χ4n) is 1.46. The lowest BCUT2D eigenvalue weighted by Crippen LogP contribution is -2.47. The van der Waals surface area contributed by atoms with Gasteiger partial charge in [-0.2, -0.15) is 0 Å². The van der Waals surface area contributed by atoms with Gasteiger partial charge in [0.25, 0.3) is 0 Å². The Morgan fingerprint density at radius 3 is 2.47 bits per heavy atom. The van der Waals surface area contributed by atoms with Crippen molar-refractivity contribution in [3.05, 3.63) is 0 Å². The van der Waals surface area contributed by atoms with Gasteiger partial charge < -0.3 is 20.3 Å². The predicted octanol–water partition coefficient (Wildman–Crippen LogP) is 0.275. The van der Waals surface area contributed by atoms with Crippen LogP contribution < -0.4 is 5.32 Å². The van der Waals surface area contributed by atoms with Gasteiger partial charge in [0.2, 0.25) is 0 Å². The van der Waals surface area contributed by atoms with Crippen molar-refractivity contribution in [3.8, 4) is 0 Å². The highest BCUT2D eigenvalue weighted by Crippen LogP contribution is 2.19. The maximum absolute atomic E-state index is 9.60. The minimum absolute atomic E-state index is 0.148. The van der Waals surface area contributed by atoms with Gasteiger partial charge in [-0.1, -0.05) is 0 Å². The van der Waals surface area contributed by atoms with Gasteiger partial charge in [-0.05, 0) is 33.6 Å². The van der Waals surface area contributed by atoms with E-state index in [9.17, 15) is 5.11 Å². The molecule has 1 aliphatic rings. The van der Waals surface area contributed by atoms with Crippen LogP contribution >= 0.6 is 0 Å². The molecule has 0 spiro atoms. The molecule has 1 aliphatic carbocycles. The van der Waals surface area contributed by atoms with Gasteiger partial charge >= 0.3 is 0 Å². The molecular weight excluding hydrogens is 194 g/mol. The van der Waals surface area contributed by atoms with Gasteiger partial charge in [-0.3, -0.25) is 0 Å². The van der Waals surface area contributed by atoms with Crippen LogP contribution in [0, 0.1) is 0 Å². The van der Waals surface area contributed by atoms with Crippen molar-refractivity contribution in [1.82, 2.24) is 5.32 Å². The van der Waals surface area contributed by atoms with Crippen LogP contribution in [0.25, 0.3) is 0 Å². The summed E-state index contributed by atoms with van der Waals surface area (Å²) >= 11 is 0. The summed E-state index contributed by atoms with van der Waals surface area (Å²) in [5.41, 5.74) is -0.201. The van der Waals surface area contributed by atoms with Crippen molar-refractivity contribution in [1.29, 1.82) is 0 Å². The lowest BCUT2D eigenvalue weighted by Gasteiger charge is -2.33. The summed E-state index contributed by atoms with van der Waals surface area (Å²) in [4.78, 5) is 0. The largest absolute Gasteiger partial charge is 0.393 e. The van der Waals surface area contributed by atoms with Crippen LogP contribution in [0.1, 0.15) is 33.6 Å². The maximum atomic E-state index is 9.60. The Balaban J connectivity index is 2.01. The van der Waals surface area contributed by atoms with E-state index in [-0.39, 0.29) is 11.7 Å². The Morgan fingerprint density at radius 2 is 2.00 bits per heavy atom. The van der Waals surface area contributed by atoms with Crippen molar-refractivity contribution in [2.45, 2.75) is 57.5 Å². The van der Waals surface area contributed by atoms with Gasteiger partial charge in [0.15, 0.2) is 0 Å². The minimum Gasteiger partial charge on any atom is -0.393 e. The number of hydrogen-bond acceptors (Lipinski definition) is 4. The zero-order chi connectivity index (χ0) is 11.5. The van der Waals surface area contributed by atoms with Crippen molar-refractivity contribution >= 4 is 0 Å². The molecule has 1 atom stereocenters. The first kappa shape index (κ1) is 12.9. The highest BCUT2D eigenvalue weighted by Gasteiger charge is 2.27. The van der Waals surface area contributed by atoms with Crippen LogP contribution in [0.5, 0.6) is 0 Å². The molecule has 0 aliphatic heterocycles. The monoisotopic (exact) mass is 217 g/mol. The van der Waals surface area contributed by atoms with Crippen molar-refractivity contribution in [2.24, 2.45) is 0 Å². The molecule has 1 rings (SSSR count). The summed E-state index contributed by atoms with van der Waals surface area (Å²) < 4.78 is 5.46. The molecule has 1 fully saturated rings. The van der Waals surface area contributed by atoms with E-state index in [0.29, 0.717) is 19.2 Å². The summed E-state index contributed by atoms with van der Waals surface area (Å²) in [6.07, 6.45) is 0.979. The normalized spacial score (nSPS) is 28.6. The average Bonchev–Trinajstić information content (AvgIpc) is 2.06.